The van der Waals surface area contributed by atoms with Gasteiger partial charge in [-0.15, -0.1) is 0 Å². The van der Waals surface area contributed by atoms with Gasteiger partial charge in [0.05, 0.1) is 17.7 Å². The van der Waals surface area contributed by atoms with Gasteiger partial charge in [-0.1, -0.05) is 30.3 Å². The number of benzene rings is 2. The maximum Gasteiger partial charge on any atom is 0.268 e. The van der Waals surface area contributed by atoms with Gasteiger partial charge in [-0.25, -0.2) is 12.4 Å². The van der Waals surface area contributed by atoms with Crippen LogP contribution < -0.4 is 4.74 Å². The Labute approximate surface area is 158 Å². The van der Waals surface area contributed by atoms with E-state index in [-0.39, 0.29) is 4.90 Å². The Hall–Kier alpha value is -2.86. The highest BCUT2D eigenvalue weighted by Crippen LogP contribution is 2.37. The number of aromatic nitrogens is 1. The summed E-state index contributed by atoms with van der Waals surface area (Å²) in [6.45, 7) is 0. The van der Waals surface area contributed by atoms with Gasteiger partial charge in [0, 0.05) is 23.4 Å². The lowest BCUT2D eigenvalue weighted by Gasteiger charge is -2.14. The molecule has 0 radical (unpaired) electrons. The lowest BCUT2D eigenvalue weighted by atomic mass is 10.0. The second kappa shape index (κ2) is 6.70. The Morgan fingerprint density at radius 2 is 1.89 bits per heavy atom. The number of ether oxygens (including phenoxy) is 1. The molecule has 6 heteroatoms. The molecule has 0 amide bonds. The van der Waals surface area contributed by atoms with Crippen LogP contribution >= 0.6 is 0 Å². The minimum absolute atomic E-state index is 0.124. The Kier molecular flexibility index (Phi) is 4.36. The molecule has 0 N–H and O–H groups in total. The number of hydrogen-bond acceptors (Lipinski definition) is 4. The third kappa shape index (κ3) is 2.86. The number of fused-ring (bicyclic) bond motifs is 3. The van der Waals surface area contributed by atoms with Gasteiger partial charge in [-0.3, -0.25) is 4.79 Å². The molecule has 2 aromatic carbocycles. The maximum absolute atomic E-state index is 13.4. The van der Waals surface area contributed by atoms with Gasteiger partial charge in [-0.2, -0.15) is 0 Å². The first kappa shape index (κ1) is 17.5. The smallest absolute Gasteiger partial charge is 0.268 e. The van der Waals surface area contributed by atoms with Gasteiger partial charge in [0.15, 0.2) is 6.29 Å². The van der Waals surface area contributed by atoms with Crippen molar-refractivity contribution < 1.29 is 17.9 Å². The molecule has 0 saturated carbocycles. The van der Waals surface area contributed by atoms with Gasteiger partial charge >= 0.3 is 0 Å². The van der Waals surface area contributed by atoms with Crippen LogP contribution in [-0.2, 0) is 22.9 Å². The molecule has 27 heavy (non-hydrogen) atoms. The summed E-state index contributed by atoms with van der Waals surface area (Å²) < 4.78 is 33.3. The Bertz CT molecular complexity index is 1130. The molecule has 0 atom stereocenters. The van der Waals surface area contributed by atoms with Crippen molar-refractivity contribution in [3.8, 4) is 17.0 Å². The first-order chi connectivity index (χ1) is 13.1. The zero-order valence-corrected chi connectivity index (χ0v) is 15.7. The first-order valence-corrected chi connectivity index (χ1v) is 10.2. The molecule has 0 saturated heterocycles. The largest absolute Gasteiger partial charge is 0.497 e. The van der Waals surface area contributed by atoms with Crippen LogP contribution in [0.3, 0.4) is 0 Å². The van der Waals surface area contributed by atoms with E-state index in [2.05, 4.69) is 0 Å². The van der Waals surface area contributed by atoms with E-state index in [4.69, 9.17) is 4.74 Å². The van der Waals surface area contributed by atoms with Gasteiger partial charge in [0.2, 0.25) is 0 Å². The number of aldehydes is 1. The molecule has 0 spiro atoms. The van der Waals surface area contributed by atoms with Crippen molar-refractivity contribution in [3.05, 3.63) is 71.4 Å². The molecule has 1 heterocycles. The SMILES string of the molecule is COc1cccc(S(=O)(=O)n2cc(C=O)c3c2-c2ccccc2CCC3)c1. The first-order valence-electron chi connectivity index (χ1n) is 8.73. The predicted molar refractivity (Wildman–Crippen MR) is 103 cm³/mol. The molecule has 138 valence electrons. The van der Waals surface area contributed by atoms with Crippen LogP contribution in [0.1, 0.15) is 27.9 Å². The van der Waals surface area contributed by atoms with E-state index in [1.807, 2.05) is 24.3 Å². The van der Waals surface area contributed by atoms with Crippen LogP contribution in [0.25, 0.3) is 11.3 Å². The van der Waals surface area contributed by atoms with Crippen molar-refractivity contribution in [1.29, 1.82) is 0 Å². The third-order valence-electron chi connectivity index (χ3n) is 4.98. The maximum atomic E-state index is 13.4. The summed E-state index contributed by atoms with van der Waals surface area (Å²) >= 11 is 0. The number of carbonyl (C=O) groups is 1. The Morgan fingerprint density at radius 1 is 1.07 bits per heavy atom. The number of rotatable bonds is 4. The van der Waals surface area contributed by atoms with Crippen LogP contribution in [0.4, 0.5) is 0 Å². The number of hydrogen-bond donors (Lipinski definition) is 0. The van der Waals surface area contributed by atoms with Gasteiger partial charge < -0.3 is 4.74 Å². The van der Waals surface area contributed by atoms with E-state index in [1.165, 1.54) is 29.4 Å². The zero-order valence-electron chi connectivity index (χ0n) is 14.9. The summed E-state index contributed by atoms with van der Waals surface area (Å²) in [7, 11) is -2.39. The van der Waals surface area contributed by atoms with E-state index in [0.29, 0.717) is 23.4 Å². The molecule has 0 bridgehead atoms. The van der Waals surface area contributed by atoms with E-state index < -0.39 is 10.0 Å². The second-order valence-corrected chi connectivity index (χ2v) is 8.33. The highest BCUT2D eigenvalue weighted by atomic mass is 32.2. The molecule has 0 aliphatic heterocycles. The highest BCUT2D eigenvalue weighted by molar-refractivity contribution is 7.90. The minimum Gasteiger partial charge on any atom is -0.497 e. The standard InChI is InChI=1S/C21H19NO4S/c1-26-17-8-5-9-18(12-17)27(24,25)22-13-16(14-23)20-11-4-7-15-6-2-3-10-19(15)21(20)22/h2-3,5-6,8-10,12-14H,4,7,11H2,1H3. The van der Waals surface area contributed by atoms with Crippen LogP contribution in [-0.4, -0.2) is 25.8 Å². The summed E-state index contributed by atoms with van der Waals surface area (Å²) in [5.41, 5.74) is 3.76. The minimum atomic E-state index is -3.88. The van der Waals surface area contributed by atoms with Crippen LogP contribution in [0.5, 0.6) is 5.75 Å². The zero-order chi connectivity index (χ0) is 19.0. The molecule has 5 nitrogen and oxygen atoms in total. The lowest BCUT2D eigenvalue weighted by molar-refractivity contribution is 0.112. The summed E-state index contributed by atoms with van der Waals surface area (Å²) in [4.78, 5) is 11.8. The average molecular weight is 381 g/mol. The van der Waals surface area contributed by atoms with Crippen molar-refractivity contribution in [2.45, 2.75) is 24.2 Å². The van der Waals surface area contributed by atoms with Crippen molar-refractivity contribution in [1.82, 2.24) is 3.97 Å². The fraction of sp³-hybridized carbons (Fsp3) is 0.190. The summed E-state index contributed by atoms with van der Waals surface area (Å²) in [6.07, 6.45) is 4.56. The average Bonchev–Trinajstić information content (AvgIpc) is 2.97. The normalized spacial score (nSPS) is 13.4. The summed E-state index contributed by atoms with van der Waals surface area (Å²) in [5, 5.41) is 0. The molecular weight excluding hydrogens is 362 g/mol. The number of methoxy groups -OCH3 is 1. The lowest BCUT2D eigenvalue weighted by Crippen LogP contribution is -2.14. The molecule has 0 fully saturated rings. The van der Waals surface area contributed by atoms with Crippen molar-refractivity contribution in [3.63, 3.8) is 0 Å². The van der Waals surface area contributed by atoms with Crippen LogP contribution in [0.2, 0.25) is 0 Å². The fourth-order valence-electron chi connectivity index (χ4n) is 3.67. The van der Waals surface area contributed by atoms with E-state index >= 15 is 0 Å². The van der Waals surface area contributed by atoms with Crippen molar-refractivity contribution in [2.24, 2.45) is 0 Å². The van der Waals surface area contributed by atoms with Crippen LogP contribution in [0.15, 0.2) is 59.6 Å². The number of carbonyl (C=O) groups excluding carboxylic acids is 1. The monoisotopic (exact) mass is 381 g/mol. The Morgan fingerprint density at radius 3 is 2.67 bits per heavy atom. The number of aryl methyl sites for hydroxylation is 1. The molecular formula is C21H19NO4S. The van der Waals surface area contributed by atoms with Crippen molar-refractivity contribution >= 4 is 16.3 Å². The van der Waals surface area contributed by atoms with E-state index in [0.717, 1.165) is 35.8 Å². The van der Waals surface area contributed by atoms with Gasteiger partial charge in [0.25, 0.3) is 10.0 Å². The molecule has 0 unspecified atom stereocenters. The highest BCUT2D eigenvalue weighted by Gasteiger charge is 2.28. The van der Waals surface area contributed by atoms with Gasteiger partial charge in [-0.05, 0) is 42.5 Å². The van der Waals surface area contributed by atoms with Crippen LogP contribution in [0, 0.1) is 0 Å². The number of nitrogens with zero attached hydrogens (tertiary/aromatic N) is 1. The molecule has 4 rings (SSSR count). The van der Waals surface area contributed by atoms with Crippen molar-refractivity contribution in [2.75, 3.05) is 7.11 Å². The predicted octanol–water partition coefficient (Wildman–Crippen LogP) is 3.70. The summed E-state index contributed by atoms with van der Waals surface area (Å²) in [6, 6.07) is 14.1. The second-order valence-electron chi connectivity index (χ2n) is 6.52. The topological polar surface area (TPSA) is 65.4 Å². The molecule has 1 aromatic heterocycles. The molecule has 1 aliphatic carbocycles. The Balaban J connectivity index is 2.01. The molecule has 3 aromatic rings. The fourth-order valence-corrected chi connectivity index (χ4v) is 5.12. The van der Waals surface area contributed by atoms with Gasteiger partial charge in [0.1, 0.15) is 5.75 Å². The summed E-state index contributed by atoms with van der Waals surface area (Å²) in [5.74, 6) is 0.463. The van der Waals surface area contributed by atoms with E-state index in [1.54, 1.807) is 12.1 Å². The molecule has 1 aliphatic rings. The van der Waals surface area contributed by atoms with E-state index in [9.17, 15) is 13.2 Å². The quantitative estimate of drug-likeness (QED) is 0.647. The third-order valence-corrected chi connectivity index (χ3v) is 6.64.